The lowest BCUT2D eigenvalue weighted by Gasteiger charge is -2.13. The van der Waals surface area contributed by atoms with Gasteiger partial charge in [0.1, 0.15) is 9.71 Å². The Morgan fingerprint density at radius 2 is 1.76 bits per heavy atom. The summed E-state index contributed by atoms with van der Waals surface area (Å²) in [6.45, 7) is 0. The van der Waals surface area contributed by atoms with Crippen LogP contribution >= 0.6 is 11.3 Å². The number of nitrogens with two attached hydrogens (primary N) is 1. The summed E-state index contributed by atoms with van der Waals surface area (Å²) >= 11 is 0.633. The molecule has 0 radical (unpaired) electrons. The Morgan fingerprint density at radius 3 is 2.32 bits per heavy atom. The zero-order valence-corrected chi connectivity index (χ0v) is 20.7. The van der Waals surface area contributed by atoms with E-state index in [-0.39, 0.29) is 37.1 Å². The van der Waals surface area contributed by atoms with E-state index < -0.39 is 43.5 Å². The van der Waals surface area contributed by atoms with Crippen LogP contribution in [0.1, 0.15) is 20.8 Å². The Bertz CT molecular complexity index is 1660. The number of aromatic nitrogens is 1. The molecule has 0 spiro atoms. The number of hydrogen-bond acceptors (Lipinski definition) is 8. The van der Waals surface area contributed by atoms with Gasteiger partial charge in [0.25, 0.3) is 5.69 Å². The third-order valence-electron chi connectivity index (χ3n) is 5.46. The van der Waals surface area contributed by atoms with E-state index in [9.17, 15) is 36.5 Å². The zero-order chi connectivity index (χ0) is 27.3. The zero-order valence-electron chi connectivity index (χ0n) is 19.1. The molecule has 0 saturated heterocycles. The van der Waals surface area contributed by atoms with Crippen LogP contribution in [0.4, 0.5) is 24.5 Å². The fourth-order valence-electron chi connectivity index (χ4n) is 3.56. The van der Waals surface area contributed by atoms with Crippen molar-refractivity contribution in [2.45, 2.75) is 11.1 Å². The Balaban J connectivity index is 1.87. The summed E-state index contributed by atoms with van der Waals surface area (Å²) in [4.78, 5) is 27.2. The molecule has 0 fully saturated rings. The quantitative estimate of drug-likeness (QED) is 0.204. The Hall–Kier alpha value is -3.88. The van der Waals surface area contributed by atoms with E-state index in [0.29, 0.717) is 11.3 Å². The number of ketones is 1. The summed E-state index contributed by atoms with van der Waals surface area (Å²) in [6.07, 6.45) is -4.86. The summed E-state index contributed by atoms with van der Waals surface area (Å²) < 4.78 is 67.8. The van der Waals surface area contributed by atoms with Gasteiger partial charge in [0.05, 0.1) is 26.8 Å². The SMILES string of the molecule is CN(C)S(=O)(=O)c1ccc(-c2cc(C(F)(F)F)c3c(N)c(C(=O)c4cccc([N+](=O)[O-])c4)sc3n2)cc1. The highest BCUT2D eigenvalue weighted by Crippen LogP contribution is 2.44. The van der Waals surface area contributed by atoms with E-state index in [1.807, 2.05) is 0 Å². The van der Waals surface area contributed by atoms with Crippen molar-refractivity contribution in [3.05, 3.63) is 80.7 Å². The van der Waals surface area contributed by atoms with Gasteiger partial charge in [-0.05, 0) is 18.2 Å². The van der Waals surface area contributed by atoms with Gasteiger partial charge in [-0.3, -0.25) is 14.9 Å². The number of thiophene rings is 1. The molecule has 9 nitrogen and oxygen atoms in total. The van der Waals surface area contributed by atoms with E-state index in [0.717, 1.165) is 16.4 Å². The fourth-order valence-corrected chi connectivity index (χ4v) is 5.54. The third-order valence-corrected chi connectivity index (χ3v) is 8.39. The van der Waals surface area contributed by atoms with E-state index in [1.54, 1.807) is 0 Å². The molecule has 0 bridgehead atoms. The molecule has 0 aliphatic carbocycles. The predicted molar refractivity (Wildman–Crippen MR) is 132 cm³/mol. The van der Waals surface area contributed by atoms with Gasteiger partial charge in [0.15, 0.2) is 0 Å². The number of non-ortho nitro benzene ring substituents is 1. The van der Waals surface area contributed by atoms with Gasteiger partial charge >= 0.3 is 6.18 Å². The van der Waals surface area contributed by atoms with Gasteiger partial charge in [-0.15, -0.1) is 11.3 Å². The van der Waals surface area contributed by atoms with Crippen molar-refractivity contribution in [1.29, 1.82) is 0 Å². The van der Waals surface area contributed by atoms with Crippen LogP contribution in [0, 0.1) is 10.1 Å². The van der Waals surface area contributed by atoms with E-state index in [4.69, 9.17) is 5.73 Å². The van der Waals surface area contributed by atoms with Crippen molar-refractivity contribution in [2.75, 3.05) is 19.8 Å². The van der Waals surface area contributed by atoms with E-state index >= 15 is 0 Å². The summed E-state index contributed by atoms with van der Waals surface area (Å²) in [7, 11) is -1.05. The fraction of sp³-hybridized carbons (Fsp3) is 0.130. The molecule has 0 amide bonds. The highest BCUT2D eigenvalue weighted by atomic mass is 32.2. The normalized spacial score (nSPS) is 12.3. The Morgan fingerprint density at radius 1 is 1.11 bits per heavy atom. The molecule has 2 N–H and O–H groups in total. The largest absolute Gasteiger partial charge is 0.417 e. The lowest BCUT2D eigenvalue weighted by atomic mass is 10.0. The first kappa shape index (κ1) is 26.2. The van der Waals surface area contributed by atoms with Crippen LogP contribution in [-0.2, 0) is 16.2 Å². The number of nitrogens with zero attached hydrogens (tertiary/aromatic N) is 3. The minimum Gasteiger partial charge on any atom is -0.397 e. The molecule has 2 heterocycles. The van der Waals surface area contributed by atoms with Gasteiger partial charge in [0.2, 0.25) is 15.8 Å². The number of carbonyl (C=O) groups excluding carboxylic acids is 1. The smallest absolute Gasteiger partial charge is 0.397 e. The molecular formula is C23H17F3N4O5S2. The van der Waals surface area contributed by atoms with E-state index in [1.165, 1.54) is 56.6 Å². The number of fused-ring (bicyclic) bond motifs is 1. The maximum absolute atomic E-state index is 14.1. The number of carbonyl (C=O) groups is 1. The minimum absolute atomic E-state index is 0.0522. The monoisotopic (exact) mass is 550 g/mol. The highest BCUT2D eigenvalue weighted by molar-refractivity contribution is 7.89. The molecule has 14 heteroatoms. The van der Waals surface area contributed by atoms with Crippen LogP contribution in [-0.4, -0.2) is 42.5 Å². The lowest BCUT2D eigenvalue weighted by molar-refractivity contribution is -0.384. The number of hydrogen-bond donors (Lipinski definition) is 1. The van der Waals surface area contributed by atoms with Crippen molar-refractivity contribution in [1.82, 2.24) is 9.29 Å². The summed E-state index contributed by atoms with van der Waals surface area (Å²) in [5.74, 6) is -0.780. The van der Waals surface area contributed by atoms with Gasteiger partial charge in [-0.25, -0.2) is 17.7 Å². The second kappa shape index (κ2) is 9.21. The van der Waals surface area contributed by atoms with Crippen molar-refractivity contribution in [2.24, 2.45) is 0 Å². The molecule has 2 aromatic carbocycles. The van der Waals surface area contributed by atoms with Crippen molar-refractivity contribution in [3.63, 3.8) is 0 Å². The Labute approximate surface area is 212 Å². The van der Waals surface area contributed by atoms with Crippen LogP contribution in [0.2, 0.25) is 0 Å². The predicted octanol–water partition coefficient (Wildman–Crippen LogP) is 4.95. The average molecular weight is 551 g/mol. The maximum atomic E-state index is 14.1. The molecule has 4 aromatic rings. The van der Waals surface area contributed by atoms with E-state index in [2.05, 4.69) is 4.98 Å². The van der Waals surface area contributed by atoms with Crippen LogP contribution in [0.25, 0.3) is 21.5 Å². The molecule has 192 valence electrons. The Kier molecular flexibility index (Phi) is 6.52. The first-order valence-corrected chi connectivity index (χ1v) is 12.6. The number of nitrogen functional groups attached to an aromatic ring is 1. The van der Waals surface area contributed by atoms with Gasteiger partial charge < -0.3 is 5.73 Å². The van der Waals surface area contributed by atoms with Crippen LogP contribution in [0.15, 0.2) is 59.5 Å². The number of alkyl halides is 3. The number of pyridine rings is 1. The topological polar surface area (TPSA) is 136 Å². The number of nitro groups is 1. The number of halogens is 3. The van der Waals surface area contributed by atoms with Crippen LogP contribution in [0.5, 0.6) is 0 Å². The maximum Gasteiger partial charge on any atom is 0.417 e. The van der Waals surface area contributed by atoms with Gasteiger partial charge in [-0.1, -0.05) is 24.3 Å². The molecule has 0 unspecified atom stereocenters. The van der Waals surface area contributed by atoms with Crippen molar-refractivity contribution < 1.29 is 31.3 Å². The summed E-state index contributed by atoms with van der Waals surface area (Å²) in [5, 5.41) is 10.6. The number of sulfonamides is 1. The molecule has 2 aromatic heterocycles. The summed E-state index contributed by atoms with van der Waals surface area (Å²) in [6, 6.07) is 10.7. The number of benzene rings is 2. The molecule has 37 heavy (non-hydrogen) atoms. The number of rotatable bonds is 6. The number of nitro benzene ring substituents is 1. The van der Waals surface area contributed by atoms with Crippen molar-refractivity contribution >= 4 is 48.7 Å². The molecule has 4 rings (SSSR count). The van der Waals surface area contributed by atoms with Crippen molar-refractivity contribution in [3.8, 4) is 11.3 Å². The average Bonchev–Trinajstić information content (AvgIpc) is 3.18. The van der Waals surface area contributed by atoms with Crippen LogP contribution < -0.4 is 5.73 Å². The molecule has 0 atom stereocenters. The van der Waals surface area contributed by atoms with Gasteiger partial charge in [-0.2, -0.15) is 13.2 Å². The molecule has 0 aliphatic rings. The minimum atomic E-state index is -4.86. The lowest BCUT2D eigenvalue weighted by Crippen LogP contribution is -2.22. The molecular weight excluding hydrogens is 533 g/mol. The standard InChI is InChI=1S/C23H17F3N4O5S2/c1-29(2)37(34,35)15-8-6-12(7-9-15)17-11-16(23(24,25)26)18-19(27)21(36-22(18)28-17)20(31)13-4-3-5-14(10-13)30(32)33/h3-11H,27H2,1-2H3. The molecule has 0 saturated carbocycles. The third kappa shape index (κ3) is 4.77. The van der Waals surface area contributed by atoms with Gasteiger partial charge in [0, 0.05) is 42.7 Å². The molecule has 0 aliphatic heterocycles. The van der Waals surface area contributed by atoms with Crippen LogP contribution in [0.3, 0.4) is 0 Å². The first-order valence-electron chi connectivity index (χ1n) is 10.3. The number of anilines is 1. The first-order chi connectivity index (χ1) is 17.2. The highest BCUT2D eigenvalue weighted by Gasteiger charge is 2.36. The second-order valence-electron chi connectivity index (χ2n) is 8.03. The second-order valence-corrected chi connectivity index (χ2v) is 11.2. The summed E-state index contributed by atoms with van der Waals surface area (Å²) in [5.41, 5.74) is 4.08.